The van der Waals surface area contributed by atoms with Crippen LogP contribution in [0, 0.1) is 0 Å². The number of hydrogen-bond donors (Lipinski definition) is 0. The lowest BCUT2D eigenvalue weighted by Crippen LogP contribution is -2.02. The van der Waals surface area contributed by atoms with E-state index in [1.807, 2.05) is 13.8 Å². The molecule has 0 fully saturated rings. The molecule has 0 aliphatic heterocycles. The van der Waals surface area contributed by atoms with Crippen LogP contribution in [0.1, 0.15) is 30.4 Å². The summed E-state index contributed by atoms with van der Waals surface area (Å²) in [6.45, 7) is 3.99. The number of carbonyl (C=O) groups excluding carboxylic acids is 1. The van der Waals surface area contributed by atoms with Crippen LogP contribution in [0.15, 0.2) is 12.3 Å². The summed E-state index contributed by atoms with van der Waals surface area (Å²) in [6.07, 6.45) is 2.31. The first kappa shape index (κ1) is 10.1. The van der Waals surface area contributed by atoms with Crippen LogP contribution in [0.5, 0.6) is 0 Å². The summed E-state index contributed by atoms with van der Waals surface area (Å²) in [4.78, 5) is 14.8. The molecule has 0 aromatic carbocycles. The molecule has 78 valence electrons. The fourth-order valence-electron chi connectivity index (χ4n) is 1.55. The van der Waals surface area contributed by atoms with Crippen molar-refractivity contribution >= 4 is 28.8 Å². The van der Waals surface area contributed by atoms with Gasteiger partial charge in [0.05, 0.1) is 10.9 Å². The van der Waals surface area contributed by atoms with Gasteiger partial charge < -0.3 is 0 Å². The number of rotatable bonds is 2. The summed E-state index contributed by atoms with van der Waals surface area (Å²) in [5, 5.41) is 5.14. The Kier molecular flexibility index (Phi) is 2.44. The van der Waals surface area contributed by atoms with Crippen LogP contribution in [0.4, 0.5) is 0 Å². The fraction of sp³-hybridized carbons (Fsp3) is 0.300. The lowest BCUT2D eigenvalue weighted by molar-refractivity contribution is 0.111. The molecule has 15 heavy (non-hydrogen) atoms. The molecule has 0 bridgehead atoms. The molecule has 4 nitrogen and oxygen atoms in total. The Morgan fingerprint density at radius 1 is 1.53 bits per heavy atom. The molecule has 0 amide bonds. The van der Waals surface area contributed by atoms with Crippen molar-refractivity contribution in [3.05, 3.63) is 23.1 Å². The molecule has 0 saturated carbocycles. The topological polar surface area (TPSA) is 47.8 Å². The number of aldehydes is 1. The van der Waals surface area contributed by atoms with Crippen molar-refractivity contribution in [2.45, 2.75) is 19.9 Å². The van der Waals surface area contributed by atoms with Gasteiger partial charge in [-0.05, 0) is 19.9 Å². The molecule has 0 saturated heterocycles. The van der Waals surface area contributed by atoms with E-state index in [4.69, 9.17) is 11.6 Å². The highest BCUT2D eigenvalue weighted by Crippen LogP contribution is 2.25. The van der Waals surface area contributed by atoms with E-state index < -0.39 is 0 Å². The van der Waals surface area contributed by atoms with E-state index in [9.17, 15) is 4.79 Å². The lowest BCUT2D eigenvalue weighted by atomic mass is 10.2. The summed E-state index contributed by atoms with van der Waals surface area (Å²) >= 11 is 5.94. The highest BCUT2D eigenvalue weighted by Gasteiger charge is 2.14. The number of fused-ring (bicyclic) bond motifs is 1. The van der Waals surface area contributed by atoms with Gasteiger partial charge in [-0.2, -0.15) is 5.10 Å². The number of pyridine rings is 1. The Balaban J connectivity index is 2.87. The third-order valence-electron chi connectivity index (χ3n) is 2.20. The minimum atomic E-state index is 0.180. The Labute approximate surface area is 91.9 Å². The maximum Gasteiger partial charge on any atom is 0.171 e. The van der Waals surface area contributed by atoms with E-state index in [-0.39, 0.29) is 6.04 Å². The van der Waals surface area contributed by atoms with Gasteiger partial charge in [-0.15, -0.1) is 0 Å². The third-order valence-corrected chi connectivity index (χ3v) is 2.49. The van der Waals surface area contributed by atoms with Crippen molar-refractivity contribution in [3.63, 3.8) is 0 Å². The lowest BCUT2D eigenvalue weighted by Gasteiger charge is -2.06. The molecule has 0 radical (unpaired) electrons. The monoisotopic (exact) mass is 223 g/mol. The molecule has 0 spiro atoms. The van der Waals surface area contributed by atoms with E-state index in [2.05, 4.69) is 10.1 Å². The summed E-state index contributed by atoms with van der Waals surface area (Å²) in [6, 6.07) is 1.99. The predicted octanol–water partition coefficient (Wildman–Crippen LogP) is 2.48. The minimum absolute atomic E-state index is 0.180. The number of carbonyl (C=O) groups is 1. The number of aromatic nitrogens is 3. The fourth-order valence-corrected chi connectivity index (χ4v) is 1.80. The first-order valence-corrected chi connectivity index (χ1v) is 5.01. The molecular formula is C10H10ClN3O. The summed E-state index contributed by atoms with van der Waals surface area (Å²) in [5.41, 5.74) is 1.18. The molecule has 2 heterocycles. The summed E-state index contributed by atoms with van der Waals surface area (Å²) in [7, 11) is 0. The standard InChI is InChI=1S/C10H10ClN3O/c1-6(2)14-8-3-4-12-10(11)9(8)7(5-15)13-14/h3-6H,1-2H3. The second-order valence-electron chi connectivity index (χ2n) is 3.54. The van der Waals surface area contributed by atoms with E-state index in [0.29, 0.717) is 22.5 Å². The Morgan fingerprint density at radius 2 is 2.27 bits per heavy atom. The SMILES string of the molecule is CC(C)n1nc(C=O)c2c(Cl)nccc21. The molecule has 0 unspecified atom stereocenters. The first-order chi connectivity index (χ1) is 7.15. The van der Waals surface area contributed by atoms with Crippen LogP contribution in [0.3, 0.4) is 0 Å². The van der Waals surface area contributed by atoms with Gasteiger partial charge in [0.25, 0.3) is 0 Å². The van der Waals surface area contributed by atoms with Gasteiger partial charge in [0.1, 0.15) is 10.8 Å². The molecule has 5 heteroatoms. The third kappa shape index (κ3) is 1.51. The zero-order chi connectivity index (χ0) is 11.0. The molecule has 0 aliphatic carbocycles. The Morgan fingerprint density at radius 3 is 2.87 bits per heavy atom. The first-order valence-electron chi connectivity index (χ1n) is 4.63. The molecule has 2 aromatic heterocycles. The van der Waals surface area contributed by atoms with Crippen LogP contribution < -0.4 is 0 Å². The number of hydrogen-bond acceptors (Lipinski definition) is 3. The van der Waals surface area contributed by atoms with Crippen LogP contribution in [-0.4, -0.2) is 21.1 Å². The van der Waals surface area contributed by atoms with Crippen molar-refractivity contribution in [2.24, 2.45) is 0 Å². The average Bonchev–Trinajstić information content (AvgIpc) is 2.58. The van der Waals surface area contributed by atoms with Gasteiger partial charge in [-0.3, -0.25) is 9.48 Å². The number of nitrogens with zero attached hydrogens (tertiary/aromatic N) is 3. The maximum absolute atomic E-state index is 10.8. The zero-order valence-electron chi connectivity index (χ0n) is 8.44. The van der Waals surface area contributed by atoms with Gasteiger partial charge in [0, 0.05) is 12.2 Å². The maximum atomic E-state index is 10.8. The van der Waals surface area contributed by atoms with Crippen molar-refractivity contribution in [1.82, 2.24) is 14.8 Å². The zero-order valence-corrected chi connectivity index (χ0v) is 9.19. The second kappa shape index (κ2) is 3.62. The van der Waals surface area contributed by atoms with Crippen molar-refractivity contribution in [1.29, 1.82) is 0 Å². The van der Waals surface area contributed by atoms with Crippen LogP contribution >= 0.6 is 11.6 Å². The van der Waals surface area contributed by atoms with Gasteiger partial charge in [0.2, 0.25) is 0 Å². The summed E-state index contributed by atoms with van der Waals surface area (Å²) in [5.74, 6) is 0. The highest BCUT2D eigenvalue weighted by atomic mass is 35.5. The second-order valence-corrected chi connectivity index (χ2v) is 3.90. The minimum Gasteiger partial charge on any atom is -0.296 e. The molecule has 2 aromatic rings. The Bertz CT molecular complexity index is 519. The smallest absolute Gasteiger partial charge is 0.171 e. The normalized spacial score (nSPS) is 11.2. The Hall–Kier alpha value is -1.42. The van der Waals surface area contributed by atoms with Gasteiger partial charge in [0.15, 0.2) is 6.29 Å². The predicted molar refractivity (Wildman–Crippen MR) is 58.3 cm³/mol. The number of halogens is 1. The van der Waals surface area contributed by atoms with Gasteiger partial charge in [-0.1, -0.05) is 11.6 Å². The quantitative estimate of drug-likeness (QED) is 0.581. The van der Waals surface area contributed by atoms with Crippen LogP contribution in [-0.2, 0) is 0 Å². The average molecular weight is 224 g/mol. The molecular weight excluding hydrogens is 214 g/mol. The summed E-state index contributed by atoms with van der Waals surface area (Å²) < 4.78 is 1.77. The largest absolute Gasteiger partial charge is 0.296 e. The van der Waals surface area contributed by atoms with Crippen LogP contribution in [0.2, 0.25) is 5.15 Å². The van der Waals surface area contributed by atoms with Gasteiger partial charge in [-0.25, -0.2) is 4.98 Å². The molecule has 0 atom stereocenters. The van der Waals surface area contributed by atoms with E-state index in [0.717, 1.165) is 5.52 Å². The van der Waals surface area contributed by atoms with Crippen molar-refractivity contribution in [2.75, 3.05) is 0 Å². The van der Waals surface area contributed by atoms with Crippen LogP contribution in [0.25, 0.3) is 10.9 Å². The van der Waals surface area contributed by atoms with E-state index >= 15 is 0 Å². The molecule has 2 rings (SSSR count). The molecule has 0 aliphatic rings. The van der Waals surface area contributed by atoms with E-state index in [1.165, 1.54) is 0 Å². The van der Waals surface area contributed by atoms with Crippen molar-refractivity contribution < 1.29 is 4.79 Å². The molecule has 0 N–H and O–H groups in total. The van der Waals surface area contributed by atoms with Gasteiger partial charge >= 0.3 is 0 Å². The van der Waals surface area contributed by atoms with E-state index in [1.54, 1.807) is 16.9 Å². The highest BCUT2D eigenvalue weighted by molar-refractivity contribution is 6.35. The van der Waals surface area contributed by atoms with Crippen molar-refractivity contribution in [3.8, 4) is 0 Å².